The fourth-order valence-corrected chi connectivity index (χ4v) is 3.13. The van der Waals surface area contributed by atoms with E-state index in [1.165, 1.54) is 30.8 Å². The Bertz CT molecular complexity index is 756. The topological polar surface area (TPSA) is 81.2 Å². The second-order valence-electron chi connectivity index (χ2n) is 5.12. The molecule has 1 aliphatic carbocycles. The van der Waals surface area contributed by atoms with Crippen molar-refractivity contribution < 1.29 is 13.2 Å². The van der Waals surface area contributed by atoms with E-state index >= 15 is 0 Å². The van der Waals surface area contributed by atoms with Gasteiger partial charge in [-0.2, -0.15) is 4.98 Å². The number of benzene rings is 1. The van der Waals surface area contributed by atoms with Crippen LogP contribution in [-0.2, 0) is 10.0 Å². The lowest BCUT2D eigenvalue weighted by molar-refractivity contribution is 0.326. The van der Waals surface area contributed by atoms with Gasteiger partial charge in [-0.25, -0.2) is 8.42 Å². The Morgan fingerprint density at radius 2 is 1.95 bits per heavy atom. The summed E-state index contributed by atoms with van der Waals surface area (Å²) in [6.45, 7) is 2.26. The average Bonchev–Trinajstić information content (AvgIpc) is 3.32. The maximum Gasteiger partial charge on any atom is 0.263 e. The van der Waals surface area contributed by atoms with Crippen LogP contribution in [0.4, 0.5) is 5.82 Å². The number of hydrogen-bond acceptors (Lipinski definition) is 5. The quantitative estimate of drug-likeness (QED) is 0.885. The molecule has 0 amide bonds. The van der Waals surface area contributed by atoms with E-state index in [4.69, 9.17) is 4.74 Å². The third-order valence-corrected chi connectivity index (χ3v) is 4.75. The molecule has 0 radical (unpaired) electrons. The molecule has 7 heteroatoms. The number of hydrogen-bond donors (Lipinski definition) is 1. The number of nitrogens with one attached hydrogen (secondary N) is 1. The zero-order chi connectivity index (χ0) is 15.6. The lowest BCUT2D eigenvalue weighted by atomic mass is 10.1. The largest absolute Gasteiger partial charge is 0.477 e. The molecule has 0 aliphatic heterocycles. The van der Waals surface area contributed by atoms with Gasteiger partial charge in [0.2, 0.25) is 5.88 Å². The maximum atomic E-state index is 12.3. The highest BCUT2D eigenvalue weighted by molar-refractivity contribution is 7.92. The van der Waals surface area contributed by atoms with Crippen molar-refractivity contribution in [2.75, 3.05) is 11.3 Å². The lowest BCUT2D eigenvalue weighted by Gasteiger charge is -2.09. The molecule has 2 aromatic rings. The van der Waals surface area contributed by atoms with Crippen molar-refractivity contribution in [2.24, 2.45) is 0 Å². The summed E-state index contributed by atoms with van der Waals surface area (Å²) in [5.41, 5.74) is 1.19. The first-order valence-electron chi connectivity index (χ1n) is 7.16. The Labute approximate surface area is 129 Å². The summed E-state index contributed by atoms with van der Waals surface area (Å²) in [4.78, 5) is 8.17. The molecule has 1 aromatic carbocycles. The highest BCUT2D eigenvalue weighted by Crippen LogP contribution is 2.40. The highest BCUT2D eigenvalue weighted by Gasteiger charge is 2.24. The smallest absolute Gasteiger partial charge is 0.263 e. The molecule has 22 heavy (non-hydrogen) atoms. The van der Waals surface area contributed by atoms with Crippen LogP contribution in [0.1, 0.15) is 31.2 Å². The van der Waals surface area contributed by atoms with Gasteiger partial charge in [-0.3, -0.25) is 9.71 Å². The molecule has 1 aromatic heterocycles. The Morgan fingerprint density at radius 1 is 1.23 bits per heavy atom. The van der Waals surface area contributed by atoms with E-state index in [1.807, 2.05) is 19.1 Å². The molecular weight excluding hydrogens is 302 g/mol. The Hall–Kier alpha value is -2.15. The monoisotopic (exact) mass is 319 g/mol. The van der Waals surface area contributed by atoms with Crippen LogP contribution in [0.15, 0.2) is 41.6 Å². The Morgan fingerprint density at radius 3 is 2.59 bits per heavy atom. The summed E-state index contributed by atoms with van der Waals surface area (Å²) >= 11 is 0. The van der Waals surface area contributed by atoms with Gasteiger partial charge in [0.1, 0.15) is 0 Å². The Kier molecular flexibility index (Phi) is 3.98. The first-order valence-corrected chi connectivity index (χ1v) is 8.64. The van der Waals surface area contributed by atoms with Crippen molar-refractivity contribution in [1.29, 1.82) is 0 Å². The predicted octanol–water partition coefficient (Wildman–Crippen LogP) is 2.55. The van der Waals surface area contributed by atoms with Crippen molar-refractivity contribution in [3.63, 3.8) is 0 Å². The lowest BCUT2D eigenvalue weighted by Crippen LogP contribution is -2.14. The molecule has 0 unspecified atom stereocenters. The van der Waals surface area contributed by atoms with E-state index in [0.717, 1.165) is 0 Å². The minimum Gasteiger partial charge on any atom is -0.477 e. The summed E-state index contributed by atoms with van der Waals surface area (Å²) in [6, 6.07) is 6.98. The molecule has 1 N–H and O–H groups in total. The van der Waals surface area contributed by atoms with Gasteiger partial charge >= 0.3 is 0 Å². The van der Waals surface area contributed by atoms with Gasteiger partial charge in [0.25, 0.3) is 10.0 Å². The van der Waals surface area contributed by atoms with Gasteiger partial charge in [-0.1, -0.05) is 12.1 Å². The molecule has 3 rings (SSSR count). The number of sulfonamides is 1. The molecule has 0 bridgehead atoms. The van der Waals surface area contributed by atoms with Crippen LogP contribution in [0.25, 0.3) is 0 Å². The van der Waals surface area contributed by atoms with Gasteiger partial charge in [0.15, 0.2) is 5.82 Å². The van der Waals surface area contributed by atoms with E-state index in [9.17, 15) is 8.42 Å². The minimum absolute atomic E-state index is 0.136. The highest BCUT2D eigenvalue weighted by atomic mass is 32.2. The molecule has 116 valence electrons. The molecule has 0 spiro atoms. The average molecular weight is 319 g/mol. The van der Waals surface area contributed by atoms with Crippen molar-refractivity contribution in [2.45, 2.75) is 30.6 Å². The predicted molar refractivity (Wildman–Crippen MR) is 82.4 cm³/mol. The summed E-state index contributed by atoms with van der Waals surface area (Å²) in [5, 5.41) is 0. The summed E-state index contributed by atoms with van der Waals surface area (Å²) in [6.07, 6.45) is 5.15. The van der Waals surface area contributed by atoms with E-state index < -0.39 is 10.0 Å². The van der Waals surface area contributed by atoms with Crippen LogP contribution in [0.2, 0.25) is 0 Å². The molecule has 0 atom stereocenters. The number of rotatable bonds is 6. The molecule has 1 saturated carbocycles. The number of nitrogens with zero attached hydrogens (tertiary/aromatic N) is 2. The summed E-state index contributed by atoms with van der Waals surface area (Å²) in [5.74, 6) is 1.02. The van der Waals surface area contributed by atoms with Gasteiger partial charge in [0.05, 0.1) is 23.9 Å². The van der Waals surface area contributed by atoms with Gasteiger partial charge in [-0.05, 0) is 43.4 Å². The molecule has 1 aliphatic rings. The first kappa shape index (κ1) is 14.8. The summed E-state index contributed by atoms with van der Waals surface area (Å²) < 4.78 is 32.3. The van der Waals surface area contributed by atoms with E-state index in [0.29, 0.717) is 12.5 Å². The standard InChI is InChI=1S/C15H17N3O3S/c1-2-21-15-10-16-9-14(17-15)18-22(19,20)13-7-5-12(6-8-13)11-3-4-11/h5-11H,2-4H2,1H3,(H,17,18). The first-order chi connectivity index (χ1) is 10.6. The number of ether oxygens (including phenoxy) is 1. The second-order valence-corrected chi connectivity index (χ2v) is 6.81. The maximum absolute atomic E-state index is 12.3. The summed E-state index contributed by atoms with van der Waals surface area (Å²) in [7, 11) is -3.68. The normalized spacial score (nSPS) is 14.6. The van der Waals surface area contributed by atoms with Crippen LogP contribution in [-0.4, -0.2) is 25.0 Å². The molecule has 1 heterocycles. The van der Waals surface area contributed by atoms with Crippen molar-refractivity contribution >= 4 is 15.8 Å². The minimum atomic E-state index is -3.68. The third kappa shape index (κ3) is 3.36. The second kappa shape index (κ2) is 5.92. The van der Waals surface area contributed by atoms with Crippen LogP contribution in [0.3, 0.4) is 0 Å². The van der Waals surface area contributed by atoms with Crippen LogP contribution in [0.5, 0.6) is 5.88 Å². The molecule has 6 nitrogen and oxygen atoms in total. The third-order valence-electron chi connectivity index (χ3n) is 3.38. The number of aromatic nitrogens is 2. The number of anilines is 1. The molecule has 1 fully saturated rings. The van der Waals surface area contributed by atoms with Crippen molar-refractivity contribution in [1.82, 2.24) is 9.97 Å². The van der Waals surface area contributed by atoms with Gasteiger partial charge in [-0.15, -0.1) is 0 Å². The van der Waals surface area contributed by atoms with Gasteiger partial charge in [0, 0.05) is 0 Å². The van der Waals surface area contributed by atoms with Crippen molar-refractivity contribution in [3.8, 4) is 5.88 Å². The van der Waals surface area contributed by atoms with Crippen LogP contribution in [0, 0.1) is 0 Å². The molecular formula is C15H17N3O3S. The van der Waals surface area contributed by atoms with Crippen molar-refractivity contribution in [3.05, 3.63) is 42.2 Å². The van der Waals surface area contributed by atoms with Crippen LogP contribution < -0.4 is 9.46 Å². The van der Waals surface area contributed by atoms with Gasteiger partial charge < -0.3 is 4.74 Å². The van der Waals surface area contributed by atoms with E-state index in [2.05, 4.69) is 14.7 Å². The Balaban J connectivity index is 1.78. The SMILES string of the molecule is CCOc1cncc(NS(=O)(=O)c2ccc(C3CC3)cc2)n1. The zero-order valence-corrected chi connectivity index (χ0v) is 13.0. The van der Waals surface area contributed by atoms with E-state index in [1.54, 1.807) is 12.1 Å². The fraction of sp³-hybridized carbons (Fsp3) is 0.333. The molecule has 0 saturated heterocycles. The van der Waals surface area contributed by atoms with E-state index in [-0.39, 0.29) is 16.6 Å². The zero-order valence-electron chi connectivity index (χ0n) is 12.2. The van der Waals surface area contributed by atoms with Crippen LogP contribution >= 0.6 is 0 Å². The fourth-order valence-electron chi connectivity index (χ4n) is 2.15.